The number of nitrogens with one attached hydrogen (secondary N) is 1. The average molecular weight is 490 g/mol. The Morgan fingerprint density at radius 1 is 1.33 bits per heavy atom. The van der Waals surface area contributed by atoms with Crippen LogP contribution in [0.3, 0.4) is 0 Å². The highest BCUT2D eigenvalue weighted by Crippen LogP contribution is 2.26. The van der Waals surface area contributed by atoms with Crippen molar-refractivity contribution in [3.8, 4) is 11.5 Å². The van der Waals surface area contributed by atoms with Gasteiger partial charge in [0.1, 0.15) is 0 Å². The van der Waals surface area contributed by atoms with Gasteiger partial charge < -0.3 is 20.1 Å². The monoisotopic (exact) mass is 490 g/mol. The minimum atomic E-state index is 0. The third-order valence-electron chi connectivity index (χ3n) is 5.03. The lowest BCUT2D eigenvalue weighted by molar-refractivity contribution is 0.223. The second kappa shape index (κ2) is 12.3. The van der Waals surface area contributed by atoms with Gasteiger partial charge in [0.15, 0.2) is 17.5 Å². The van der Waals surface area contributed by atoms with Crippen molar-refractivity contribution in [1.29, 1.82) is 0 Å². The zero-order chi connectivity index (χ0) is 18.9. The lowest BCUT2D eigenvalue weighted by Gasteiger charge is -2.27. The predicted octanol–water partition coefficient (Wildman–Crippen LogP) is 2.94. The molecule has 1 atom stereocenters. The summed E-state index contributed by atoms with van der Waals surface area (Å²) in [6.45, 7) is 12.5. The number of likely N-dealkylation sites (tertiary alicyclic amines) is 1. The Hall–Kier alpha value is -1.22. The Labute approximate surface area is 181 Å². The van der Waals surface area contributed by atoms with Crippen LogP contribution in [0.2, 0.25) is 0 Å². The van der Waals surface area contributed by atoms with Crippen molar-refractivity contribution in [3.05, 3.63) is 23.8 Å². The first kappa shape index (κ1) is 23.8. The number of ether oxygens (including phenoxy) is 1. The Morgan fingerprint density at radius 2 is 2.07 bits per heavy atom. The molecule has 27 heavy (non-hydrogen) atoms. The molecule has 2 rings (SSSR count). The second-order valence-electron chi connectivity index (χ2n) is 6.60. The molecule has 7 heteroatoms. The summed E-state index contributed by atoms with van der Waals surface area (Å²) in [7, 11) is 1.57. The maximum absolute atomic E-state index is 9.70. The number of phenols is 1. The Kier molecular flexibility index (Phi) is 10.8. The molecule has 1 aromatic carbocycles. The van der Waals surface area contributed by atoms with Gasteiger partial charge in [-0.3, -0.25) is 9.89 Å². The summed E-state index contributed by atoms with van der Waals surface area (Å²) < 4.78 is 5.18. The Balaban J connectivity index is 0.00000364. The molecule has 1 fully saturated rings. The molecule has 0 saturated carbocycles. The first-order chi connectivity index (χ1) is 12.6. The number of aromatic hydroxyl groups is 1. The van der Waals surface area contributed by atoms with Crippen molar-refractivity contribution in [2.45, 2.75) is 39.7 Å². The molecule has 1 aliphatic heterocycles. The van der Waals surface area contributed by atoms with Crippen molar-refractivity contribution in [2.75, 3.05) is 46.4 Å². The van der Waals surface area contributed by atoms with Crippen LogP contribution in [0.5, 0.6) is 11.5 Å². The molecule has 1 aromatic rings. The molecular formula is C20H35IN4O2. The number of aliphatic imine (C=N–C) groups is 1. The fourth-order valence-corrected chi connectivity index (χ4v) is 3.57. The molecule has 6 nitrogen and oxygen atoms in total. The molecule has 154 valence electrons. The average Bonchev–Trinajstić information content (AvgIpc) is 3.13. The number of benzene rings is 1. The highest BCUT2D eigenvalue weighted by molar-refractivity contribution is 14.0. The Morgan fingerprint density at radius 3 is 2.70 bits per heavy atom. The van der Waals surface area contributed by atoms with E-state index >= 15 is 0 Å². The molecule has 1 heterocycles. The first-order valence-electron chi connectivity index (χ1n) is 9.76. The molecule has 1 unspecified atom stereocenters. The third kappa shape index (κ3) is 6.71. The topological polar surface area (TPSA) is 60.3 Å². The van der Waals surface area contributed by atoms with E-state index in [0.717, 1.165) is 50.7 Å². The zero-order valence-corrected chi connectivity index (χ0v) is 19.4. The van der Waals surface area contributed by atoms with Crippen LogP contribution in [0.15, 0.2) is 23.2 Å². The number of guanidine groups is 1. The number of halogens is 1. The largest absolute Gasteiger partial charge is 0.504 e. The lowest BCUT2D eigenvalue weighted by Crippen LogP contribution is -2.43. The van der Waals surface area contributed by atoms with Crippen molar-refractivity contribution >= 4 is 29.9 Å². The molecule has 1 aliphatic rings. The van der Waals surface area contributed by atoms with Crippen LogP contribution in [0.1, 0.15) is 32.8 Å². The first-order valence-corrected chi connectivity index (χ1v) is 9.76. The molecule has 0 aromatic heterocycles. The summed E-state index contributed by atoms with van der Waals surface area (Å²) in [6.07, 6.45) is 2.01. The lowest BCUT2D eigenvalue weighted by atomic mass is 10.1. The summed E-state index contributed by atoms with van der Waals surface area (Å²) in [5.74, 6) is 1.69. The number of hydrogen-bond donors (Lipinski definition) is 2. The van der Waals surface area contributed by atoms with Crippen LogP contribution in [-0.4, -0.2) is 73.3 Å². The van der Waals surface area contributed by atoms with Crippen molar-refractivity contribution in [2.24, 2.45) is 4.99 Å². The minimum absolute atomic E-state index is 0. The van der Waals surface area contributed by atoms with Gasteiger partial charge in [-0.15, -0.1) is 24.0 Å². The van der Waals surface area contributed by atoms with Crippen molar-refractivity contribution in [3.63, 3.8) is 0 Å². The van der Waals surface area contributed by atoms with Gasteiger partial charge in [-0.05, 0) is 50.6 Å². The summed E-state index contributed by atoms with van der Waals surface area (Å²) in [4.78, 5) is 9.74. The van der Waals surface area contributed by atoms with E-state index < -0.39 is 0 Å². The molecule has 0 bridgehead atoms. The maximum Gasteiger partial charge on any atom is 0.193 e. The quantitative estimate of drug-likeness (QED) is 0.334. The van der Waals surface area contributed by atoms with E-state index in [0.29, 0.717) is 18.3 Å². The number of rotatable bonds is 8. The molecule has 2 N–H and O–H groups in total. The van der Waals surface area contributed by atoms with E-state index in [4.69, 9.17) is 9.73 Å². The van der Waals surface area contributed by atoms with Crippen LogP contribution in [0, 0.1) is 0 Å². The van der Waals surface area contributed by atoms with Gasteiger partial charge in [0, 0.05) is 32.2 Å². The van der Waals surface area contributed by atoms with E-state index in [2.05, 4.69) is 35.9 Å². The summed E-state index contributed by atoms with van der Waals surface area (Å²) in [5.41, 5.74) is 1.11. The number of nitrogens with zero attached hydrogens (tertiary/aromatic N) is 3. The van der Waals surface area contributed by atoms with Gasteiger partial charge in [0.05, 0.1) is 7.11 Å². The number of likely N-dealkylation sites (N-methyl/N-ethyl adjacent to an activating group) is 1. The van der Waals surface area contributed by atoms with Gasteiger partial charge in [-0.25, -0.2) is 0 Å². The van der Waals surface area contributed by atoms with Crippen LogP contribution >= 0.6 is 24.0 Å². The Bertz CT molecular complexity index is 593. The van der Waals surface area contributed by atoms with Gasteiger partial charge >= 0.3 is 0 Å². The summed E-state index contributed by atoms with van der Waals surface area (Å²) >= 11 is 0. The normalized spacial score (nSPS) is 17.1. The van der Waals surface area contributed by atoms with E-state index in [1.54, 1.807) is 13.2 Å². The molecular weight excluding hydrogens is 455 g/mol. The summed E-state index contributed by atoms with van der Waals surface area (Å²) in [6, 6.07) is 6.10. The number of hydrogen-bond acceptors (Lipinski definition) is 4. The molecule has 0 radical (unpaired) electrons. The van der Waals surface area contributed by atoms with Gasteiger partial charge in [0.2, 0.25) is 0 Å². The second-order valence-corrected chi connectivity index (χ2v) is 6.60. The van der Waals surface area contributed by atoms with Crippen LogP contribution < -0.4 is 10.1 Å². The van der Waals surface area contributed by atoms with Crippen molar-refractivity contribution in [1.82, 2.24) is 15.1 Å². The van der Waals surface area contributed by atoms with Crippen molar-refractivity contribution < 1.29 is 9.84 Å². The number of methoxy groups -OCH3 is 1. The van der Waals surface area contributed by atoms with Crippen LogP contribution in [0.25, 0.3) is 0 Å². The molecule has 0 spiro atoms. The standard InChI is InChI=1S/C20H34N4O2.HI/c1-5-21-20(24-13-11-17(15-24)23(6-2)7-3)22-12-10-16-8-9-18(25)19(14-16)26-4;/h8-9,14,17,25H,5-7,10-13,15H2,1-4H3,(H,21,22);1H. The smallest absolute Gasteiger partial charge is 0.193 e. The van der Waals surface area contributed by atoms with E-state index in [1.165, 1.54) is 6.42 Å². The highest BCUT2D eigenvalue weighted by Gasteiger charge is 2.27. The van der Waals surface area contributed by atoms with E-state index in [-0.39, 0.29) is 29.7 Å². The molecule has 1 saturated heterocycles. The van der Waals surface area contributed by atoms with Crippen LogP contribution in [0.4, 0.5) is 0 Å². The molecule has 0 aliphatic carbocycles. The van der Waals surface area contributed by atoms with E-state index in [9.17, 15) is 5.11 Å². The highest BCUT2D eigenvalue weighted by atomic mass is 127. The summed E-state index contributed by atoms with van der Waals surface area (Å²) in [5, 5.41) is 13.1. The van der Waals surface area contributed by atoms with Gasteiger partial charge in [-0.2, -0.15) is 0 Å². The fourth-order valence-electron chi connectivity index (χ4n) is 3.57. The predicted molar refractivity (Wildman–Crippen MR) is 123 cm³/mol. The van der Waals surface area contributed by atoms with E-state index in [1.807, 2.05) is 12.1 Å². The van der Waals surface area contributed by atoms with Gasteiger partial charge in [0.25, 0.3) is 0 Å². The van der Waals surface area contributed by atoms with Crippen LogP contribution in [-0.2, 0) is 6.42 Å². The molecule has 0 amide bonds. The minimum Gasteiger partial charge on any atom is -0.504 e. The zero-order valence-electron chi connectivity index (χ0n) is 17.1. The third-order valence-corrected chi connectivity index (χ3v) is 5.03. The maximum atomic E-state index is 9.70. The fraction of sp³-hybridized carbons (Fsp3) is 0.650. The SMILES string of the molecule is CCNC(=NCCc1ccc(O)c(OC)c1)N1CCC(N(CC)CC)C1.I. The number of phenolic OH excluding ortho intramolecular Hbond substituents is 1. The van der Waals surface area contributed by atoms with Gasteiger partial charge in [-0.1, -0.05) is 19.9 Å².